The molecule has 4 heterocycles. The zero-order valence-electron chi connectivity index (χ0n) is 46.4. The van der Waals surface area contributed by atoms with Crippen LogP contribution in [0.25, 0.3) is 0 Å². The average Bonchev–Trinajstić information content (AvgIpc) is 3.63. The molecule has 1 saturated carbocycles. The Balaban J connectivity index is 1.72. The number of carbonyl (C=O) groups is 3. The van der Waals surface area contributed by atoms with Crippen molar-refractivity contribution >= 4 is 23.8 Å². The molecule has 0 unspecified atom stereocenters. The number of rotatable bonds is 16. The normalized spacial score (nSPS) is 41.6. The summed E-state index contributed by atoms with van der Waals surface area (Å²) in [5.74, 6) is -5.00. The maximum absolute atomic E-state index is 15.1. The smallest absolute Gasteiger partial charge is 0.458 e. The molecule has 5 fully saturated rings. The minimum absolute atomic E-state index is 0.148. The highest BCUT2D eigenvalue weighted by Crippen LogP contribution is 2.45. The third-order valence-corrected chi connectivity index (χ3v) is 15.9. The molecule has 0 radical (unpaired) electrons. The highest BCUT2D eigenvalue weighted by atomic mass is 16.8. The van der Waals surface area contributed by atoms with Crippen LogP contribution < -0.4 is 0 Å². The fraction of sp³-hybridized carbons (Fsp3) is 0.906. The molecule has 72 heavy (non-hydrogen) atoms. The number of oxime groups is 1. The molecule has 0 aromatic rings. The highest BCUT2D eigenvalue weighted by molar-refractivity contribution is 5.89. The number of likely N-dealkylation sites (N-methyl/N-ethyl adjacent to an activating group) is 1. The molecule has 4 saturated heterocycles. The Hall–Kier alpha value is -3.19. The topological polar surface area (TPSA) is 211 Å². The summed E-state index contributed by atoms with van der Waals surface area (Å²) in [7, 11) is 7.04. The fourth-order valence-electron chi connectivity index (χ4n) is 12.1. The van der Waals surface area contributed by atoms with Crippen LogP contribution in [0.3, 0.4) is 0 Å². The first-order chi connectivity index (χ1) is 33.8. The lowest BCUT2D eigenvalue weighted by Crippen LogP contribution is -2.62. The van der Waals surface area contributed by atoms with E-state index in [1.807, 2.05) is 88.2 Å². The number of esters is 2. The molecule has 412 valence electrons. The lowest BCUT2D eigenvalue weighted by Gasteiger charge is -2.50. The van der Waals surface area contributed by atoms with Gasteiger partial charge in [-0.15, -0.1) is 0 Å². The number of nitriles is 1. The number of ether oxygens (including phenoxy) is 12. The first-order valence-electron chi connectivity index (χ1n) is 26.4. The first-order valence-corrected chi connectivity index (χ1v) is 26.4. The van der Waals surface area contributed by atoms with Crippen molar-refractivity contribution in [1.29, 1.82) is 5.26 Å². The van der Waals surface area contributed by atoms with Gasteiger partial charge in [0.25, 0.3) is 0 Å². The highest BCUT2D eigenvalue weighted by Gasteiger charge is 2.60. The zero-order valence-corrected chi connectivity index (χ0v) is 46.4. The van der Waals surface area contributed by atoms with Gasteiger partial charge in [-0.2, -0.15) is 5.26 Å². The van der Waals surface area contributed by atoms with E-state index >= 15 is 4.79 Å². The first kappa shape index (κ1) is 59.7. The van der Waals surface area contributed by atoms with Crippen LogP contribution >= 0.6 is 0 Å². The molecule has 5 rings (SSSR count). The molecule has 19 heteroatoms. The van der Waals surface area contributed by atoms with Crippen molar-refractivity contribution < 1.29 is 76.1 Å². The summed E-state index contributed by atoms with van der Waals surface area (Å²) < 4.78 is 77.9. The van der Waals surface area contributed by atoms with Crippen LogP contribution in [0, 0.1) is 35.0 Å². The number of nitrogens with zero attached hydrogens (tertiary/aromatic N) is 3. The minimum Gasteiger partial charge on any atom is -0.458 e. The van der Waals surface area contributed by atoms with Gasteiger partial charge in [-0.05, 0) is 102 Å². The van der Waals surface area contributed by atoms with E-state index in [4.69, 9.17) is 66.8 Å². The Kier molecular flexibility index (Phi) is 20.8. The summed E-state index contributed by atoms with van der Waals surface area (Å²) in [5.41, 5.74) is -3.12. The van der Waals surface area contributed by atoms with E-state index in [0.29, 0.717) is 25.0 Å². The third kappa shape index (κ3) is 13.6. The Morgan fingerprint density at radius 1 is 0.889 bits per heavy atom. The number of carbonyl (C=O) groups excluding carboxylic acids is 3. The van der Waals surface area contributed by atoms with Crippen molar-refractivity contribution in [1.82, 2.24) is 4.90 Å². The van der Waals surface area contributed by atoms with Gasteiger partial charge in [0.2, 0.25) is 5.79 Å². The van der Waals surface area contributed by atoms with Gasteiger partial charge in [-0.3, -0.25) is 9.59 Å². The summed E-state index contributed by atoms with van der Waals surface area (Å²) in [6.45, 7) is 24.3. The minimum atomic E-state index is -1.47. The molecular weight excluding hydrogens is 935 g/mol. The van der Waals surface area contributed by atoms with Crippen molar-refractivity contribution in [3.8, 4) is 6.07 Å². The van der Waals surface area contributed by atoms with E-state index in [1.165, 1.54) is 6.92 Å². The molecular formula is C53H89N3O16. The van der Waals surface area contributed by atoms with Gasteiger partial charge >= 0.3 is 18.1 Å². The molecule has 1 aliphatic carbocycles. The van der Waals surface area contributed by atoms with Crippen molar-refractivity contribution in [2.75, 3.05) is 34.9 Å². The Morgan fingerprint density at radius 3 is 2.12 bits per heavy atom. The maximum atomic E-state index is 15.1. The van der Waals surface area contributed by atoms with Gasteiger partial charge in [-0.1, -0.05) is 39.3 Å². The fourth-order valence-corrected chi connectivity index (χ4v) is 12.1. The molecule has 0 bridgehead atoms. The van der Waals surface area contributed by atoms with E-state index < -0.39 is 120 Å². The second-order valence-electron chi connectivity index (χ2n) is 22.2. The predicted octanol–water partition coefficient (Wildman–Crippen LogP) is 8.02. The number of fused-ring (bicyclic) bond motifs is 1. The monoisotopic (exact) mass is 1020 g/mol. The number of hydrogen-bond acceptors (Lipinski definition) is 19. The molecule has 19 nitrogen and oxygen atoms in total. The lowest BCUT2D eigenvalue weighted by atomic mass is 9.73. The molecule has 0 N–H and O–H groups in total. The largest absolute Gasteiger partial charge is 0.509 e. The van der Waals surface area contributed by atoms with Crippen LogP contribution in [0.5, 0.6) is 0 Å². The second-order valence-corrected chi connectivity index (χ2v) is 22.2. The lowest BCUT2D eigenvalue weighted by molar-refractivity contribution is -0.322. The summed E-state index contributed by atoms with van der Waals surface area (Å²) in [4.78, 5) is 50.0. The molecule has 5 aliphatic rings. The Bertz CT molecular complexity index is 1880. The van der Waals surface area contributed by atoms with Gasteiger partial charge in [0.05, 0.1) is 78.5 Å². The van der Waals surface area contributed by atoms with Gasteiger partial charge in [0, 0.05) is 58.2 Å². The summed E-state index contributed by atoms with van der Waals surface area (Å²) in [6.07, 6.45) is -3.80. The molecule has 0 aromatic heterocycles. The van der Waals surface area contributed by atoms with Crippen LogP contribution in [0.2, 0.25) is 0 Å². The van der Waals surface area contributed by atoms with Crippen LogP contribution in [0.15, 0.2) is 5.16 Å². The van der Waals surface area contributed by atoms with Crippen molar-refractivity contribution in [2.24, 2.45) is 28.8 Å². The molecule has 0 amide bonds. The van der Waals surface area contributed by atoms with Crippen molar-refractivity contribution in [2.45, 2.75) is 250 Å². The van der Waals surface area contributed by atoms with Crippen LogP contribution in [0.4, 0.5) is 4.79 Å². The van der Waals surface area contributed by atoms with Crippen LogP contribution in [-0.2, 0) is 71.3 Å². The third-order valence-electron chi connectivity index (χ3n) is 15.9. The SMILES string of the molecule is CC[C@H]1OC(=O)[C@H](C)[C@@H](O[C@H]2C[C@@](C)(OC)[C@@H](OCCC#N)[C@H](C)O2)[C@H](C)[C@@H](O[C@@H]2O[C@H](C)C[C@H](N(C)C)[C@H]2OC(C)=O)[C@](C)(OC)C[C@@H](C)C(=NOC2(OC(C)C)CCCCC2)[C@H](C)[C@H]2OC(=O)O[C@@]21C. The van der Waals surface area contributed by atoms with Crippen molar-refractivity contribution in [3.05, 3.63) is 0 Å². The van der Waals surface area contributed by atoms with Gasteiger partial charge in [0.15, 0.2) is 30.4 Å². The van der Waals surface area contributed by atoms with Gasteiger partial charge < -0.3 is 66.6 Å². The summed E-state index contributed by atoms with van der Waals surface area (Å²) >= 11 is 0. The molecule has 4 aliphatic heterocycles. The van der Waals surface area contributed by atoms with E-state index in [9.17, 15) is 14.9 Å². The number of cyclic esters (lactones) is 1. The van der Waals surface area contributed by atoms with Gasteiger partial charge in [0.1, 0.15) is 12.2 Å². The van der Waals surface area contributed by atoms with Gasteiger partial charge in [-0.25, -0.2) is 4.79 Å². The van der Waals surface area contributed by atoms with Crippen LogP contribution in [-0.4, -0.2) is 160 Å². The Morgan fingerprint density at radius 2 is 1.54 bits per heavy atom. The molecule has 0 aromatic carbocycles. The zero-order chi connectivity index (χ0) is 53.5. The Labute approximate surface area is 429 Å². The standard InChI is InChI=1S/C53H89N3O16/c1-18-39-52(13)45(69-49(59)71-52)33(6)41(55-72-53(70-30(2)3)23-20-19-21-24-53)31(4)28-50(11,60-16)44(68-48-43(65-37(10)57)38(56(14)15)27-32(5)63-48)34(7)42(35(8)47(58)66-39)67-40-29-51(12,61-17)46(36(9)64-40)62-26-22-25-54/h30-36,38-40,42-46,48H,18-24,26-29H2,1-17H3/t31-,32-,33+,34+,35-,36+,38+,39-,40+,42+,43-,44-,45-,46+,48+,50-,51-,52-/m1/s1. The quantitative estimate of drug-likeness (QED) is 0.0471. The summed E-state index contributed by atoms with van der Waals surface area (Å²) in [6, 6.07) is 1.84. The molecule has 18 atom stereocenters. The maximum Gasteiger partial charge on any atom is 0.509 e. The summed E-state index contributed by atoms with van der Waals surface area (Å²) in [5, 5.41) is 14.3. The van der Waals surface area contributed by atoms with Crippen molar-refractivity contribution in [3.63, 3.8) is 0 Å². The average molecular weight is 1020 g/mol. The van der Waals surface area contributed by atoms with Crippen LogP contribution in [0.1, 0.15) is 154 Å². The molecule has 0 spiro atoms. The predicted molar refractivity (Wildman–Crippen MR) is 263 cm³/mol. The van der Waals surface area contributed by atoms with E-state index in [-0.39, 0.29) is 50.5 Å². The number of hydrogen-bond donors (Lipinski definition) is 0. The van der Waals surface area contributed by atoms with E-state index in [0.717, 1.165) is 19.3 Å². The van der Waals surface area contributed by atoms with E-state index in [2.05, 4.69) is 6.07 Å². The van der Waals surface area contributed by atoms with E-state index in [1.54, 1.807) is 28.1 Å². The second kappa shape index (κ2) is 25.1. The number of methoxy groups -OCH3 is 2.